The molecule has 1 N–H and O–H groups in total. The van der Waals surface area contributed by atoms with Gasteiger partial charge in [-0.2, -0.15) is 10.2 Å². The number of carbonyl (C=O) groups is 2. The number of anilines is 1. The maximum atomic E-state index is 13.0. The van der Waals surface area contributed by atoms with E-state index in [1.807, 2.05) is 43.3 Å². The molecule has 1 unspecified atom stereocenters. The van der Waals surface area contributed by atoms with Gasteiger partial charge in [-0.15, -0.1) is 0 Å². The van der Waals surface area contributed by atoms with Gasteiger partial charge in [-0.25, -0.2) is 8.42 Å². The summed E-state index contributed by atoms with van der Waals surface area (Å²) in [4.78, 5) is 29.7. The highest BCUT2D eigenvalue weighted by Gasteiger charge is 2.34. The SMILES string of the molecule is CNC(=O)c1c(-c2ccc(C)cc2)oc2nc(N(CCCC(CC#N)C(=O)OC)S(C)(=O)=O)c(C3CC3)cc12. The number of benzene rings is 1. The van der Waals surface area contributed by atoms with Crippen molar-refractivity contribution in [3.05, 3.63) is 47.0 Å². The lowest BCUT2D eigenvalue weighted by atomic mass is 10.00. The third-order valence-corrected chi connectivity index (χ3v) is 8.05. The Morgan fingerprint density at radius 3 is 2.54 bits per heavy atom. The van der Waals surface area contributed by atoms with Crippen molar-refractivity contribution >= 4 is 38.8 Å². The summed E-state index contributed by atoms with van der Waals surface area (Å²) in [5, 5.41) is 12.3. The minimum atomic E-state index is -3.76. The Hall–Kier alpha value is -3.91. The van der Waals surface area contributed by atoms with Crippen LogP contribution in [0.15, 0.2) is 34.7 Å². The van der Waals surface area contributed by atoms with Gasteiger partial charge in [-0.05, 0) is 50.2 Å². The first-order valence-corrected chi connectivity index (χ1v) is 14.6. The largest absolute Gasteiger partial charge is 0.469 e. The fourth-order valence-electron chi connectivity index (χ4n) is 4.67. The number of rotatable bonds is 11. The predicted octanol–water partition coefficient (Wildman–Crippen LogP) is 4.29. The maximum Gasteiger partial charge on any atom is 0.309 e. The summed E-state index contributed by atoms with van der Waals surface area (Å²) in [6, 6.07) is 11.4. The van der Waals surface area contributed by atoms with Crippen LogP contribution in [0.2, 0.25) is 0 Å². The van der Waals surface area contributed by atoms with Crippen LogP contribution in [0, 0.1) is 24.2 Å². The fourth-order valence-corrected chi connectivity index (χ4v) is 5.59. The molecule has 4 rings (SSSR count). The number of nitriles is 1. The molecule has 0 spiro atoms. The zero-order chi connectivity index (χ0) is 28.3. The summed E-state index contributed by atoms with van der Waals surface area (Å²) in [6.45, 7) is 2.02. The van der Waals surface area contributed by atoms with Crippen molar-refractivity contribution in [1.29, 1.82) is 5.26 Å². The Bertz CT molecular complexity index is 1530. The number of ether oxygens (including phenoxy) is 1. The van der Waals surface area contributed by atoms with Crippen molar-refractivity contribution in [3.63, 3.8) is 0 Å². The lowest BCUT2D eigenvalue weighted by Crippen LogP contribution is -2.33. The maximum absolute atomic E-state index is 13.0. The summed E-state index contributed by atoms with van der Waals surface area (Å²) in [5.74, 6) is -0.738. The number of hydrogen-bond acceptors (Lipinski definition) is 8. The van der Waals surface area contributed by atoms with E-state index in [0.717, 1.165) is 30.2 Å². The number of aryl methyl sites for hydroxylation is 1. The number of carbonyl (C=O) groups excluding carboxylic acids is 2. The molecule has 1 fully saturated rings. The van der Waals surface area contributed by atoms with Gasteiger partial charge < -0.3 is 14.5 Å². The van der Waals surface area contributed by atoms with E-state index >= 15 is 0 Å². The number of methoxy groups -OCH3 is 1. The number of pyridine rings is 1. The van der Waals surface area contributed by atoms with Crippen molar-refractivity contribution in [2.45, 2.75) is 44.9 Å². The van der Waals surface area contributed by atoms with E-state index in [-0.39, 0.29) is 42.7 Å². The Kier molecular flexibility index (Phi) is 8.25. The highest BCUT2D eigenvalue weighted by molar-refractivity contribution is 7.92. The molecule has 1 amide bonds. The fraction of sp³-hybridized carbons (Fsp3) is 0.429. The average molecular weight is 553 g/mol. The van der Waals surface area contributed by atoms with E-state index in [2.05, 4.69) is 10.3 Å². The van der Waals surface area contributed by atoms with Gasteiger partial charge in [-0.1, -0.05) is 29.8 Å². The number of esters is 1. The lowest BCUT2D eigenvalue weighted by Gasteiger charge is -2.24. The first-order valence-electron chi connectivity index (χ1n) is 12.8. The van der Waals surface area contributed by atoms with Crippen LogP contribution in [0.4, 0.5) is 5.82 Å². The van der Waals surface area contributed by atoms with E-state index < -0.39 is 21.9 Å². The monoisotopic (exact) mass is 552 g/mol. The van der Waals surface area contributed by atoms with Crippen molar-refractivity contribution in [1.82, 2.24) is 10.3 Å². The molecule has 11 heteroatoms. The van der Waals surface area contributed by atoms with Crippen LogP contribution in [-0.2, 0) is 19.6 Å². The van der Waals surface area contributed by atoms with Crippen LogP contribution in [0.3, 0.4) is 0 Å². The number of sulfonamides is 1. The average Bonchev–Trinajstić information content (AvgIpc) is 3.69. The molecule has 206 valence electrons. The Morgan fingerprint density at radius 2 is 1.97 bits per heavy atom. The van der Waals surface area contributed by atoms with Gasteiger partial charge in [0.25, 0.3) is 5.91 Å². The molecule has 1 aromatic carbocycles. The molecule has 2 heterocycles. The van der Waals surface area contributed by atoms with Crippen LogP contribution >= 0.6 is 0 Å². The highest BCUT2D eigenvalue weighted by atomic mass is 32.2. The quantitative estimate of drug-likeness (QED) is 0.347. The van der Waals surface area contributed by atoms with Gasteiger partial charge in [0.1, 0.15) is 11.6 Å². The van der Waals surface area contributed by atoms with E-state index in [4.69, 9.17) is 14.4 Å². The first kappa shape index (κ1) is 28.1. The minimum absolute atomic E-state index is 0.0144. The smallest absolute Gasteiger partial charge is 0.309 e. The normalized spacial score (nSPS) is 14.0. The van der Waals surface area contributed by atoms with Crippen molar-refractivity contribution in [3.8, 4) is 17.4 Å². The van der Waals surface area contributed by atoms with Crippen LogP contribution in [0.5, 0.6) is 0 Å². The molecule has 0 saturated heterocycles. The zero-order valence-corrected chi connectivity index (χ0v) is 23.3. The molecule has 1 aliphatic carbocycles. The van der Waals surface area contributed by atoms with Gasteiger partial charge in [0, 0.05) is 25.6 Å². The van der Waals surface area contributed by atoms with Gasteiger partial charge in [0.15, 0.2) is 0 Å². The molecule has 0 aliphatic heterocycles. The van der Waals surface area contributed by atoms with Crippen molar-refractivity contribution in [2.75, 3.05) is 31.3 Å². The number of furan rings is 1. The lowest BCUT2D eigenvalue weighted by molar-refractivity contribution is -0.145. The number of amides is 1. The summed E-state index contributed by atoms with van der Waals surface area (Å²) in [5.41, 5.74) is 3.00. The molecule has 1 saturated carbocycles. The highest BCUT2D eigenvalue weighted by Crippen LogP contribution is 2.46. The van der Waals surface area contributed by atoms with Crippen LogP contribution < -0.4 is 9.62 Å². The van der Waals surface area contributed by atoms with E-state index in [9.17, 15) is 18.0 Å². The molecular weight excluding hydrogens is 520 g/mol. The number of aromatic nitrogens is 1. The van der Waals surface area contributed by atoms with Crippen LogP contribution in [-0.4, -0.2) is 52.2 Å². The molecular formula is C28H32N4O6S. The first-order chi connectivity index (χ1) is 18.6. The second-order valence-corrected chi connectivity index (χ2v) is 11.7. The number of nitrogens with one attached hydrogen (secondary N) is 1. The van der Waals surface area contributed by atoms with E-state index in [1.165, 1.54) is 11.4 Å². The second-order valence-electron chi connectivity index (χ2n) is 9.84. The molecule has 0 radical (unpaired) electrons. The van der Waals surface area contributed by atoms with Crippen molar-refractivity contribution in [2.24, 2.45) is 5.92 Å². The van der Waals surface area contributed by atoms with Crippen molar-refractivity contribution < 1.29 is 27.2 Å². The predicted molar refractivity (Wildman–Crippen MR) is 147 cm³/mol. The van der Waals surface area contributed by atoms with Crippen LogP contribution in [0.1, 0.15) is 59.5 Å². The zero-order valence-electron chi connectivity index (χ0n) is 22.5. The standard InChI is InChI=1S/C28H32N4O6S/c1-17-7-9-19(10-8-17)24-23(26(33)30-2)22-16-21(18-11-12-18)25(31-27(22)38-24)32(39(4,35)36)15-5-6-20(13-14-29)28(34)37-3/h7-10,16,18,20H,5-6,11-13,15H2,1-4H3,(H,30,33). The van der Waals surface area contributed by atoms with E-state index in [0.29, 0.717) is 28.7 Å². The Morgan fingerprint density at radius 1 is 1.28 bits per heavy atom. The number of nitrogens with zero attached hydrogens (tertiary/aromatic N) is 3. The Balaban J connectivity index is 1.80. The number of fused-ring (bicyclic) bond motifs is 1. The summed E-state index contributed by atoms with van der Waals surface area (Å²) < 4.78 is 38.1. The molecule has 1 aliphatic rings. The van der Waals surface area contributed by atoms with Crippen LogP contribution in [0.25, 0.3) is 22.4 Å². The number of hydrogen-bond donors (Lipinski definition) is 1. The molecule has 10 nitrogen and oxygen atoms in total. The van der Waals surface area contributed by atoms with Gasteiger partial charge >= 0.3 is 5.97 Å². The second kappa shape index (κ2) is 11.5. The molecule has 0 bridgehead atoms. The molecule has 1 atom stereocenters. The molecule has 2 aromatic heterocycles. The topological polar surface area (TPSA) is 143 Å². The summed E-state index contributed by atoms with van der Waals surface area (Å²) in [6.07, 6.45) is 3.45. The van der Waals surface area contributed by atoms with Gasteiger partial charge in [0.2, 0.25) is 15.7 Å². The summed E-state index contributed by atoms with van der Waals surface area (Å²) >= 11 is 0. The van der Waals surface area contributed by atoms with Gasteiger partial charge in [-0.3, -0.25) is 13.9 Å². The Labute approximate surface area is 228 Å². The molecule has 39 heavy (non-hydrogen) atoms. The third-order valence-electron chi connectivity index (χ3n) is 6.90. The third kappa shape index (κ3) is 6.06. The van der Waals surface area contributed by atoms with Gasteiger partial charge in [0.05, 0.1) is 36.3 Å². The molecule has 3 aromatic rings. The summed E-state index contributed by atoms with van der Waals surface area (Å²) in [7, 11) is -0.957. The minimum Gasteiger partial charge on any atom is -0.469 e. The van der Waals surface area contributed by atoms with E-state index in [1.54, 1.807) is 7.05 Å².